The van der Waals surface area contributed by atoms with Gasteiger partial charge in [-0.15, -0.1) is 0 Å². The van der Waals surface area contributed by atoms with Crippen LogP contribution in [0.3, 0.4) is 0 Å². The molecule has 238 valence electrons. The van der Waals surface area contributed by atoms with Crippen LogP contribution in [0.2, 0.25) is 0 Å². The lowest BCUT2D eigenvalue weighted by Crippen LogP contribution is -2.00. The second-order valence-electron chi connectivity index (χ2n) is 12.8. The summed E-state index contributed by atoms with van der Waals surface area (Å²) in [7, 11) is 0. The largest absolute Gasteiger partial charge is 0.455 e. The van der Waals surface area contributed by atoms with E-state index in [0.717, 1.165) is 65.9 Å². The Bertz CT molecular complexity index is 2900. The van der Waals surface area contributed by atoms with Crippen molar-refractivity contribution in [3.05, 3.63) is 176 Å². The maximum Gasteiger partial charge on any atom is 0.164 e. The van der Waals surface area contributed by atoms with Gasteiger partial charge in [0.25, 0.3) is 0 Å². The Morgan fingerprint density at radius 3 is 1.61 bits per heavy atom. The fraction of sp³-hybridized carbons (Fsp3) is 0. The molecule has 0 N–H and O–H groups in total. The summed E-state index contributed by atoms with van der Waals surface area (Å²) >= 11 is 0. The van der Waals surface area contributed by atoms with E-state index in [1.165, 1.54) is 16.5 Å². The molecule has 0 atom stereocenters. The SMILES string of the molecule is c1ccc(-c2ccc(-c3cc4ccccc4c4oc5cc(-c6nc(-c7ccccc7)nc(-c7ccc8ccccc8c7)n6)ccc5c34)cc2)cc1. The van der Waals surface area contributed by atoms with E-state index >= 15 is 0 Å². The average molecular weight is 652 g/mol. The number of aromatic nitrogens is 3. The van der Waals surface area contributed by atoms with E-state index in [1.807, 2.05) is 36.4 Å². The molecular weight excluding hydrogens is 623 g/mol. The van der Waals surface area contributed by atoms with E-state index in [0.29, 0.717) is 17.5 Å². The molecule has 0 bridgehead atoms. The van der Waals surface area contributed by atoms with Gasteiger partial charge < -0.3 is 4.42 Å². The normalized spacial score (nSPS) is 11.5. The first-order valence-electron chi connectivity index (χ1n) is 17.1. The topological polar surface area (TPSA) is 51.8 Å². The van der Waals surface area contributed by atoms with Crippen LogP contribution < -0.4 is 0 Å². The summed E-state index contributed by atoms with van der Waals surface area (Å²) in [6.07, 6.45) is 0. The molecule has 2 heterocycles. The molecular formula is C47H29N3O. The van der Waals surface area contributed by atoms with Gasteiger partial charge in [0.1, 0.15) is 11.2 Å². The van der Waals surface area contributed by atoms with Crippen LogP contribution in [0.1, 0.15) is 0 Å². The Morgan fingerprint density at radius 2 is 0.863 bits per heavy atom. The fourth-order valence-corrected chi connectivity index (χ4v) is 7.13. The molecule has 0 amide bonds. The van der Waals surface area contributed by atoms with Crippen molar-refractivity contribution in [2.45, 2.75) is 0 Å². The van der Waals surface area contributed by atoms with E-state index in [2.05, 4.69) is 140 Å². The van der Waals surface area contributed by atoms with Gasteiger partial charge in [0, 0.05) is 32.8 Å². The van der Waals surface area contributed by atoms with Crippen molar-refractivity contribution in [3.63, 3.8) is 0 Å². The first-order chi connectivity index (χ1) is 25.2. The molecule has 0 saturated heterocycles. The molecule has 2 aromatic heterocycles. The Hall–Kier alpha value is -6.91. The number of nitrogens with zero attached hydrogens (tertiary/aromatic N) is 3. The summed E-state index contributed by atoms with van der Waals surface area (Å²) in [6.45, 7) is 0. The Labute approximate surface area is 294 Å². The number of fused-ring (bicyclic) bond motifs is 6. The molecule has 0 aliphatic heterocycles. The van der Waals surface area contributed by atoms with E-state index in [4.69, 9.17) is 19.4 Å². The Kier molecular flexibility index (Phi) is 6.78. The van der Waals surface area contributed by atoms with Gasteiger partial charge in [-0.25, -0.2) is 15.0 Å². The molecule has 4 heteroatoms. The minimum absolute atomic E-state index is 0.593. The minimum Gasteiger partial charge on any atom is -0.455 e. The molecule has 51 heavy (non-hydrogen) atoms. The van der Waals surface area contributed by atoms with Gasteiger partial charge in [-0.3, -0.25) is 0 Å². The molecule has 0 saturated carbocycles. The molecule has 0 unspecified atom stereocenters. The van der Waals surface area contributed by atoms with Crippen LogP contribution in [-0.2, 0) is 0 Å². The van der Waals surface area contributed by atoms with Crippen molar-refractivity contribution < 1.29 is 4.42 Å². The molecule has 4 nitrogen and oxygen atoms in total. The smallest absolute Gasteiger partial charge is 0.164 e. The predicted molar refractivity (Wildman–Crippen MR) is 209 cm³/mol. The highest BCUT2D eigenvalue weighted by Gasteiger charge is 2.19. The predicted octanol–water partition coefficient (Wildman–Crippen LogP) is 12.4. The zero-order chi connectivity index (χ0) is 33.7. The molecule has 8 aromatic carbocycles. The van der Waals surface area contributed by atoms with E-state index in [-0.39, 0.29) is 0 Å². The molecule has 10 rings (SSSR count). The van der Waals surface area contributed by atoms with Crippen LogP contribution in [0.15, 0.2) is 180 Å². The van der Waals surface area contributed by atoms with Gasteiger partial charge in [0.2, 0.25) is 0 Å². The zero-order valence-electron chi connectivity index (χ0n) is 27.5. The highest BCUT2D eigenvalue weighted by molar-refractivity contribution is 6.21. The summed E-state index contributed by atoms with van der Waals surface area (Å²) in [6, 6.07) is 61.1. The second kappa shape index (κ2) is 11.9. The molecule has 0 fully saturated rings. The third kappa shape index (κ3) is 5.13. The van der Waals surface area contributed by atoms with Crippen molar-refractivity contribution in [1.82, 2.24) is 15.0 Å². The first-order valence-corrected chi connectivity index (χ1v) is 17.1. The molecule has 0 radical (unpaired) electrons. The van der Waals surface area contributed by atoms with Gasteiger partial charge in [-0.1, -0.05) is 152 Å². The van der Waals surface area contributed by atoms with Gasteiger partial charge in [-0.05, 0) is 62.7 Å². The molecule has 0 aliphatic carbocycles. The van der Waals surface area contributed by atoms with Gasteiger partial charge in [-0.2, -0.15) is 0 Å². The second-order valence-corrected chi connectivity index (χ2v) is 12.8. The van der Waals surface area contributed by atoms with Crippen LogP contribution in [0, 0.1) is 0 Å². The van der Waals surface area contributed by atoms with Gasteiger partial charge in [0.05, 0.1) is 0 Å². The van der Waals surface area contributed by atoms with Gasteiger partial charge in [0.15, 0.2) is 17.5 Å². The van der Waals surface area contributed by atoms with E-state index < -0.39 is 0 Å². The number of hydrogen-bond acceptors (Lipinski definition) is 4. The van der Waals surface area contributed by atoms with Crippen molar-refractivity contribution in [3.8, 4) is 56.4 Å². The maximum absolute atomic E-state index is 6.79. The van der Waals surface area contributed by atoms with E-state index in [1.54, 1.807) is 0 Å². The summed E-state index contributed by atoms with van der Waals surface area (Å²) in [5.41, 5.74) is 9.06. The summed E-state index contributed by atoms with van der Waals surface area (Å²) in [5, 5.41) is 6.68. The van der Waals surface area contributed by atoms with Crippen LogP contribution in [-0.4, -0.2) is 15.0 Å². The van der Waals surface area contributed by atoms with Gasteiger partial charge >= 0.3 is 0 Å². The zero-order valence-corrected chi connectivity index (χ0v) is 27.5. The molecule has 0 spiro atoms. The lowest BCUT2D eigenvalue weighted by Gasteiger charge is -2.10. The molecule has 0 aliphatic rings. The number of benzene rings is 8. The highest BCUT2D eigenvalue weighted by Crippen LogP contribution is 2.42. The molecule has 10 aromatic rings. The highest BCUT2D eigenvalue weighted by atomic mass is 16.3. The summed E-state index contributed by atoms with van der Waals surface area (Å²) in [4.78, 5) is 15.0. The standard InChI is InChI=1S/C47H29N3O/c1-3-11-30(12-4-1)32-19-22-33(23-20-32)41-28-36-17-9-10-18-39(36)44-43(41)40-26-25-38(29-42(40)51-44)47-49-45(34-14-5-2-6-15-34)48-46(50-47)37-24-21-31-13-7-8-16-35(31)27-37/h1-29H. The third-order valence-electron chi connectivity index (χ3n) is 9.70. The monoisotopic (exact) mass is 651 g/mol. The third-order valence-corrected chi connectivity index (χ3v) is 9.70. The van der Waals surface area contributed by atoms with Crippen LogP contribution >= 0.6 is 0 Å². The first kappa shape index (κ1) is 29.0. The number of furan rings is 1. The lowest BCUT2D eigenvalue weighted by atomic mass is 9.94. The number of rotatable bonds is 5. The Balaban J connectivity index is 1.15. The maximum atomic E-state index is 6.79. The van der Waals surface area contributed by atoms with Crippen LogP contribution in [0.25, 0.3) is 99.9 Å². The van der Waals surface area contributed by atoms with Crippen LogP contribution in [0.4, 0.5) is 0 Å². The average Bonchev–Trinajstić information content (AvgIpc) is 3.60. The van der Waals surface area contributed by atoms with Crippen LogP contribution in [0.5, 0.6) is 0 Å². The van der Waals surface area contributed by atoms with Crippen molar-refractivity contribution >= 4 is 43.5 Å². The minimum atomic E-state index is 0.593. The van der Waals surface area contributed by atoms with Crippen molar-refractivity contribution in [2.24, 2.45) is 0 Å². The van der Waals surface area contributed by atoms with Crippen molar-refractivity contribution in [1.29, 1.82) is 0 Å². The van der Waals surface area contributed by atoms with E-state index in [9.17, 15) is 0 Å². The summed E-state index contributed by atoms with van der Waals surface area (Å²) < 4.78 is 6.79. The van der Waals surface area contributed by atoms with Crippen molar-refractivity contribution in [2.75, 3.05) is 0 Å². The number of hydrogen-bond donors (Lipinski definition) is 0. The quantitative estimate of drug-likeness (QED) is 0.186. The fourth-order valence-electron chi connectivity index (χ4n) is 7.13. The lowest BCUT2D eigenvalue weighted by molar-refractivity contribution is 0.673. The Morgan fingerprint density at radius 1 is 0.333 bits per heavy atom. The summed E-state index contributed by atoms with van der Waals surface area (Å²) in [5.74, 6) is 1.85.